The van der Waals surface area contributed by atoms with Crippen molar-refractivity contribution in [1.82, 2.24) is 5.32 Å². The molecule has 0 atom stereocenters. The van der Waals surface area contributed by atoms with E-state index in [1.165, 1.54) is 0 Å². The Labute approximate surface area is 102 Å². The van der Waals surface area contributed by atoms with E-state index >= 15 is 0 Å². The molecule has 1 heterocycles. The average Bonchev–Trinajstić information content (AvgIpc) is 2.59. The summed E-state index contributed by atoms with van der Waals surface area (Å²) in [6.45, 7) is 1.84. The second-order valence-corrected chi connectivity index (χ2v) is 3.84. The molecule has 0 saturated heterocycles. The molecule has 0 fully saturated rings. The lowest BCUT2D eigenvalue weighted by Gasteiger charge is -1.99. The number of rotatable bonds is 1. The van der Waals surface area contributed by atoms with Crippen molar-refractivity contribution >= 4 is 34.2 Å². The Bertz CT molecular complexity index is 639. The van der Waals surface area contributed by atoms with Crippen LogP contribution in [0.15, 0.2) is 27.6 Å². The second kappa shape index (κ2) is 4.36. The third kappa shape index (κ3) is 2.32. The van der Waals surface area contributed by atoms with Crippen LogP contribution in [0.1, 0.15) is 5.76 Å². The number of fused-ring (bicyclic) bond motifs is 1. The largest absolute Gasteiger partial charge is 0.460 e. The Balaban J connectivity index is 2.50. The van der Waals surface area contributed by atoms with Crippen LogP contribution in [0.25, 0.3) is 11.0 Å². The molecule has 0 aliphatic heterocycles. The van der Waals surface area contributed by atoms with Gasteiger partial charge in [0.2, 0.25) is 5.96 Å². The lowest BCUT2D eigenvalue weighted by Crippen LogP contribution is -2.26. The molecule has 0 unspecified atom stereocenters. The van der Waals surface area contributed by atoms with E-state index in [0.717, 1.165) is 11.1 Å². The monoisotopic (exact) mass is 248 g/mol. The van der Waals surface area contributed by atoms with Crippen LogP contribution in [-0.2, 0) is 0 Å². The summed E-state index contributed by atoms with van der Waals surface area (Å²) in [4.78, 5) is 4.00. The quantitative estimate of drug-likeness (QED) is 0.351. The number of furan rings is 1. The van der Waals surface area contributed by atoms with E-state index in [0.29, 0.717) is 16.3 Å². The Kier molecular flexibility index (Phi) is 2.90. The highest BCUT2D eigenvalue weighted by Gasteiger charge is 2.07. The maximum atomic E-state index is 8.38. The van der Waals surface area contributed by atoms with Crippen molar-refractivity contribution < 1.29 is 4.42 Å². The smallest absolute Gasteiger partial charge is 0.207 e. The molecule has 0 bridgehead atoms. The average molecular weight is 249 g/mol. The van der Waals surface area contributed by atoms with Crippen LogP contribution in [0.4, 0.5) is 5.69 Å². The predicted molar refractivity (Wildman–Crippen MR) is 66.0 cm³/mol. The van der Waals surface area contributed by atoms with E-state index in [1.807, 2.05) is 13.0 Å². The molecule has 0 aliphatic rings. The van der Waals surface area contributed by atoms with Gasteiger partial charge in [0.25, 0.3) is 0 Å². The normalized spacial score (nSPS) is 11.5. The summed E-state index contributed by atoms with van der Waals surface area (Å²) < 4.78 is 5.43. The van der Waals surface area contributed by atoms with Gasteiger partial charge in [0.15, 0.2) is 11.8 Å². The lowest BCUT2D eigenvalue weighted by molar-refractivity contribution is 0.578. The Morgan fingerprint density at radius 3 is 3.00 bits per heavy atom. The van der Waals surface area contributed by atoms with Crippen LogP contribution in [-0.4, -0.2) is 5.96 Å². The minimum absolute atomic E-state index is 0.0168. The minimum Gasteiger partial charge on any atom is -0.460 e. The molecule has 0 spiro atoms. The number of nitrogens with two attached hydrogens (primary N) is 1. The van der Waals surface area contributed by atoms with E-state index in [-0.39, 0.29) is 5.96 Å². The zero-order valence-corrected chi connectivity index (χ0v) is 9.75. The highest BCUT2D eigenvalue weighted by molar-refractivity contribution is 6.35. The first kappa shape index (κ1) is 11.3. The van der Waals surface area contributed by atoms with E-state index in [9.17, 15) is 0 Å². The van der Waals surface area contributed by atoms with Crippen molar-refractivity contribution in [3.8, 4) is 6.19 Å². The molecule has 2 aromatic rings. The topological polar surface area (TPSA) is 87.3 Å². The van der Waals surface area contributed by atoms with Gasteiger partial charge in [-0.15, -0.1) is 0 Å². The number of nitrogens with zero attached hydrogens (tertiary/aromatic N) is 2. The molecule has 2 rings (SSSR count). The van der Waals surface area contributed by atoms with Crippen LogP contribution in [0.3, 0.4) is 0 Å². The first-order valence-electron chi connectivity index (χ1n) is 4.79. The zero-order valence-electron chi connectivity index (χ0n) is 8.99. The third-order valence-electron chi connectivity index (χ3n) is 2.11. The van der Waals surface area contributed by atoms with E-state index in [1.54, 1.807) is 18.3 Å². The fraction of sp³-hybridized carbons (Fsp3) is 0.0909. The Morgan fingerprint density at radius 1 is 1.53 bits per heavy atom. The van der Waals surface area contributed by atoms with Gasteiger partial charge in [-0.05, 0) is 25.1 Å². The lowest BCUT2D eigenvalue weighted by atomic mass is 10.2. The molecule has 0 amide bonds. The van der Waals surface area contributed by atoms with Gasteiger partial charge in [0, 0.05) is 5.39 Å². The summed E-state index contributed by atoms with van der Waals surface area (Å²) in [6, 6.07) is 5.26. The van der Waals surface area contributed by atoms with Crippen molar-refractivity contribution in [3.05, 3.63) is 29.0 Å². The molecular weight excluding hydrogens is 240 g/mol. The molecule has 3 N–H and O–H groups in total. The number of hydrogen-bond donors (Lipinski definition) is 2. The molecule has 86 valence electrons. The molecule has 1 aromatic carbocycles. The summed E-state index contributed by atoms with van der Waals surface area (Å²) >= 11 is 6.05. The first-order valence-corrected chi connectivity index (χ1v) is 5.17. The van der Waals surface area contributed by atoms with Gasteiger partial charge >= 0.3 is 0 Å². The fourth-order valence-corrected chi connectivity index (χ4v) is 1.77. The molecule has 0 aliphatic carbocycles. The maximum Gasteiger partial charge on any atom is 0.207 e. The number of hydrogen-bond acceptors (Lipinski definition) is 3. The summed E-state index contributed by atoms with van der Waals surface area (Å²) in [7, 11) is 0. The highest BCUT2D eigenvalue weighted by atomic mass is 35.5. The summed E-state index contributed by atoms with van der Waals surface area (Å²) in [6.07, 6.45) is 1.69. The maximum absolute atomic E-state index is 8.38. The van der Waals surface area contributed by atoms with E-state index in [2.05, 4.69) is 10.3 Å². The SMILES string of the molecule is Cc1cc2cc(N=C(N)NC#N)cc(Cl)c2o1. The summed E-state index contributed by atoms with van der Waals surface area (Å²) in [5.74, 6) is 0.786. The van der Waals surface area contributed by atoms with E-state index < -0.39 is 0 Å². The number of nitrogens with one attached hydrogen (secondary N) is 1. The van der Waals surface area contributed by atoms with Gasteiger partial charge in [0.1, 0.15) is 5.76 Å². The number of halogens is 1. The second-order valence-electron chi connectivity index (χ2n) is 3.44. The van der Waals surface area contributed by atoms with Crippen LogP contribution in [0.5, 0.6) is 0 Å². The van der Waals surface area contributed by atoms with Crippen LogP contribution >= 0.6 is 11.6 Å². The molecule has 6 heteroatoms. The van der Waals surface area contributed by atoms with Gasteiger partial charge in [-0.3, -0.25) is 5.32 Å². The molecular formula is C11H9ClN4O. The number of aliphatic imine (C=N–C) groups is 1. The number of benzene rings is 1. The minimum atomic E-state index is 0.0168. The van der Waals surface area contributed by atoms with Gasteiger partial charge < -0.3 is 10.2 Å². The van der Waals surface area contributed by atoms with Gasteiger partial charge in [-0.25, -0.2) is 4.99 Å². The summed E-state index contributed by atoms with van der Waals surface area (Å²) in [5, 5.41) is 11.9. The highest BCUT2D eigenvalue weighted by Crippen LogP contribution is 2.31. The third-order valence-corrected chi connectivity index (χ3v) is 2.39. The van der Waals surface area contributed by atoms with Gasteiger partial charge in [-0.2, -0.15) is 5.26 Å². The molecule has 17 heavy (non-hydrogen) atoms. The number of nitriles is 1. The van der Waals surface area contributed by atoms with Crippen LogP contribution in [0.2, 0.25) is 5.02 Å². The Morgan fingerprint density at radius 2 is 2.29 bits per heavy atom. The molecule has 0 saturated carbocycles. The van der Waals surface area contributed by atoms with Crippen molar-refractivity contribution in [2.45, 2.75) is 6.92 Å². The molecule has 0 radical (unpaired) electrons. The number of guanidine groups is 1. The van der Waals surface area contributed by atoms with Crippen molar-refractivity contribution in [2.75, 3.05) is 0 Å². The summed E-state index contributed by atoms with van der Waals surface area (Å²) in [5.41, 5.74) is 6.64. The van der Waals surface area contributed by atoms with Gasteiger partial charge in [0.05, 0.1) is 10.7 Å². The van der Waals surface area contributed by atoms with E-state index in [4.69, 9.17) is 27.0 Å². The number of aryl methyl sites for hydroxylation is 1. The predicted octanol–water partition coefficient (Wildman–Crippen LogP) is 2.41. The van der Waals surface area contributed by atoms with Crippen LogP contribution in [0, 0.1) is 18.4 Å². The molecule has 5 nitrogen and oxygen atoms in total. The van der Waals surface area contributed by atoms with Crippen molar-refractivity contribution in [1.29, 1.82) is 5.26 Å². The Hall–Kier alpha value is -2.19. The first-order chi connectivity index (χ1) is 8.10. The molecule has 1 aromatic heterocycles. The van der Waals surface area contributed by atoms with Crippen LogP contribution < -0.4 is 11.1 Å². The van der Waals surface area contributed by atoms with Gasteiger partial charge in [-0.1, -0.05) is 11.6 Å². The van der Waals surface area contributed by atoms with Crippen molar-refractivity contribution in [2.24, 2.45) is 10.7 Å². The standard InChI is InChI=1S/C11H9ClN4O/c1-6-2-7-3-8(16-11(14)15-5-13)4-9(12)10(7)17-6/h2-4H,1H3,(H3,14,15,16). The van der Waals surface area contributed by atoms with Crippen molar-refractivity contribution in [3.63, 3.8) is 0 Å². The fourth-order valence-electron chi connectivity index (χ4n) is 1.51. The zero-order chi connectivity index (χ0) is 12.4.